The van der Waals surface area contributed by atoms with Crippen molar-refractivity contribution in [2.24, 2.45) is 0 Å². The van der Waals surface area contributed by atoms with Gasteiger partial charge in [0.2, 0.25) is 0 Å². The van der Waals surface area contributed by atoms with Gasteiger partial charge in [-0.1, -0.05) is 6.07 Å². The van der Waals surface area contributed by atoms with Crippen molar-refractivity contribution in [3.8, 4) is 0 Å². The van der Waals surface area contributed by atoms with E-state index in [4.69, 9.17) is 9.47 Å². The van der Waals surface area contributed by atoms with Crippen LogP contribution in [0.2, 0.25) is 0 Å². The molecule has 3 rings (SSSR count). The lowest BCUT2D eigenvalue weighted by Crippen LogP contribution is -2.17. The lowest BCUT2D eigenvalue weighted by Gasteiger charge is -2.13. The van der Waals surface area contributed by atoms with Gasteiger partial charge in [-0.25, -0.2) is 14.6 Å². The third kappa shape index (κ3) is 4.07. The van der Waals surface area contributed by atoms with Crippen molar-refractivity contribution in [1.29, 1.82) is 0 Å². The molecule has 29 heavy (non-hydrogen) atoms. The third-order valence-electron chi connectivity index (χ3n) is 4.69. The zero-order valence-electron chi connectivity index (χ0n) is 16.9. The highest BCUT2D eigenvalue weighted by Crippen LogP contribution is 2.28. The normalized spacial score (nSPS) is 12.0. The summed E-state index contributed by atoms with van der Waals surface area (Å²) in [4.78, 5) is 45.0. The van der Waals surface area contributed by atoms with Gasteiger partial charge in [-0.15, -0.1) is 11.3 Å². The fourth-order valence-electron chi connectivity index (χ4n) is 2.90. The van der Waals surface area contributed by atoms with E-state index >= 15 is 0 Å². The van der Waals surface area contributed by atoms with Gasteiger partial charge in [-0.2, -0.15) is 0 Å². The molecular formula is C21H22N2O5S. The van der Waals surface area contributed by atoms with Gasteiger partial charge in [0.05, 0.1) is 17.6 Å². The Morgan fingerprint density at radius 2 is 1.90 bits per heavy atom. The van der Waals surface area contributed by atoms with Gasteiger partial charge in [-0.05, 0) is 63.4 Å². The molecule has 0 bridgehead atoms. The van der Waals surface area contributed by atoms with E-state index in [0.29, 0.717) is 26.2 Å². The molecular weight excluding hydrogens is 392 g/mol. The number of nitrogens with one attached hydrogen (secondary N) is 1. The molecule has 152 valence electrons. The summed E-state index contributed by atoms with van der Waals surface area (Å²) in [6.45, 7) is 9.16. The highest BCUT2D eigenvalue weighted by Gasteiger charge is 2.22. The van der Waals surface area contributed by atoms with E-state index < -0.39 is 18.0 Å². The molecule has 0 aliphatic rings. The van der Waals surface area contributed by atoms with Gasteiger partial charge >= 0.3 is 11.9 Å². The monoisotopic (exact) mass is 414 g/mol. The molecule has 0 radical (unpaired) electrons. The molecule has 1 atom stereocenters. The average Bonchev–Trinajstić information content (AvgIpc) is 3.01. The van der Waals surface area contributed by atoms with Gasteiger partial charge < -0.3 is 14.5 Å². The Morgan fingerprint density at radius 3 is 2.55 bits per heavy atom. The van der Waals surface area contributed by atoms with Gasteiger partial charge in [0, 0.05) is 0 Å². The summed E-state index contributed by atoms with van der Waals surface area (Å²) in [7, 11) is 0. The molecule has 7 nitrogen and oxygen atoms in total. The molecule has 0 saturated heterocycles. The van der Waals surface area contributed by atoms with E-state index in [-0.39, 0.29) is 18.0 Å². The number of ether oxygens (including phenoxy) is 2. The summed E-state index contributed by atoms with van der Waals surface area (Å²) >= 11 is 1.09. The molecule has 0 unspecified atom stereocenters. The van der Waals surface area contributed by atoms with Crippen molar-refractivity contribution in [2.75, 3.05) is 6.61 Å². The minimum Gasteiger partial charge on any atom is -0.462 e. The molecule has 3 aromatic rings. The molecule has 0 saturated carbocycles. The number of carbonyl (C=O) groups excluding carboxylic acids is 2. The maximum absolute atomic E-state index is 12.6. The number of aromatic amines is 1. The highest BCUT2D eigenvalue weighted by atomic mass is 32.1. The van der Waals surface area contributed by atoms with E-state index in [1.54, 1.807) is 32.9 Å². The number of hydrogen-bond donors (Lipinski definition) is 1. The van der Waals surface area contributed by atoms with Gasteiger partial charge in [0.25, 0.3) is 5.56 Å². The van der Waals surface area contributed by atoms with Crippen LogP contribution < -0.4 is 5.56 Å². The molecule has 0 fully saturated rings. The van der Waals surface area contributed by atoms with Crippen LogP contribution in [0.5, 0.6) is 0 Å². The van der Waals surface area contributed by atoms with Crippen LogP contribution in [0.3, 0.4) is 0 Å². The summed E-state index contributed by atoms with van der Waals surface area (Å²) in [5.74, 6) is -0.766. The molecule has 0 aliphatic carbocycles. The number of rotatable bonds is 5. The van der Waals surface area contributed by atoms with Crippen LogP contribution in [-0.2, 0) is 9.47 Å². The zero-order valence-corrected chi connectivity index (χ0v) is 17.7. The predicted octanol–water partition coefficient (Wildman–Crippen LogP) is 4.00. The largest absolute Gasteiger partial charge is 0.462 e. The molecule has 0 amide bonds. The molecule has 8 heteroatoms. The number of nitrogens with zero attached hydrogens (tertiary/aromatic N) is 1. The first-order chi connectivity index (χ1) is 13.7. The SMILES string of the molecule is CCOC(=O)c1sc2nc([C@H](C)OC(=O)c3ccc(C)c(C)c3)[nH]c(=O)c2c1C. The fraction of sp³-hybridized carbons (Fsp3) is 0.333. The molecule has 2 aromatic heterocycles. The number of benzene rings is 1. The standard InChI is InChI=1S/C21H22N2O5S/c1-6-27-21(26)16-12(4)15-18(24)22-17(23-19(15)29-16)13(5)28-20(25)14-8-7-10(2)11(3)9-14/h7-9,13H,6H2,1-5H3,(H,22,23,24)/t13-/m0/s1. The number of aromatic nitrogens is 2. The van der Waals surface area contributed by atoms with Gasteiger partial charge in [0.1, 0.15) is 9.71 Å². The molecule has 2 heterocycles. The van der Waals surface area contributed by atoms with Gasteiger partial charge in [0.15, 0.2) is 11.9 Å². The zero-order chi connectivity index (χ0) is 21.3. The van der Waals surface area contributed by atoms with E-state index in [1.807, 2.05) is 19.9 Å². The highest BCUT2D eigenvalue weighted by molar-refractivity contribution is 7.20. The number of H-pyrrole nitrogens is 1. The summed E-state index contributed by atoms with van der Waals surface area (Å²) < 4.78 is 10.5. The second kappa shape index (κ2) is 8.16. The first-order valence-corrected chi connectivity index (χ1v) is 10.0. The smallest absolute Gasteiger partial charge is 0.348 e. The summed E-state index contributed by atoms with van der Waals surface area (Å²) in [6, 6.07) is 5.32. The maximum atomic E-state index is 12.6. The lowest BCUT2D eigenvalue weighted by atomic mass is 10.1. The maximum Gasteiger partial charge on any atom is 0.348 e. The lowest BCUT2D eigenvalue weighted by molar-refractivity contribution is 0.0319. The van der Waals surface area contributed by atoms with Crippen LogP contribution in [0.1, 0.15) is 62.5 Å². The van der Waals surface area contributed by atoms with E-state index in [2.05, 4.69) is 9.97 Å². The molecule has 1 N–H and O–H groups in total. The second-order valence-corrected chi connectivity index (χ2v) is 7.75. The Kier molecular flexibility index (Phi) is 5.83. The molecule has 0 aliphatic heterocycles. The number of thiophene rings is 1. The Bertz CT molecular complexity index is 1160. The van der Waals surface area contributed by atoms with Crippen molar-refractivity contribution in [2.45, 2.75) is 40.7 Å². The topological polar surface area (TPSA) is 98.3 Å². The van der Waals surface area contributed by atoms with Crippen LogP contribution in [0, 0.1) is 20.8 Å². The first-order valence-electron chi connectivity index (χ1n) is 9.21. The second-order valence-electron chi connectivity index (χ2n) is 6.75. The van der Waals surface area contributed by atoms with E-state index in [9.17, 15) is 14.4 Å². The van der Waals surface area contributed by atoms with Crippen molar-refractivity contribution in [3.63, 3.8) is 0 Å². The Morgan fingerprint density at radius 1 is 1.17 bits per heavy atom. The Labute approximate surface area is 171 Å². The molecule has 0 spiro atoms. The van der Waals surface area contributed by atoms with Crippen LogP contribution in [0.15, 0.2) is 23.0 Å². The van der Waals surface area contributed by atoms with Crippen LogP contribution in [0.25, 0.3) is 10.2 Å². The number of hydrogen-bond acceptors (Lipinski definition) is 7. The summed E-state index contributed by atoms with van der Waals surface area (Å²) in [5.41, 5.74) is 2.64. The Hall–Kier alpha value is -3.00. The minimum absolute atomic E-state index is 0.219. The van der Waals surface area contributed by atoms with E-state index in [1.165, 1.54) is 0 Å². The third-order valence-corrected chi connectivity index (χ3v) is 5.86. The van der Waals surface area contributed by atoms with Gasteiger partial charge in [-0.3, -0.25) is 4.79 Å². The van der Waals surface area contributed by atoms with Crippen molar-refractivity contribution < 1.29 is 19.1 Å². The summed E-state index contributed by atoms with van der Waals surface area (Å²) in [6.07, 6.45) is -0.769. The van der Waals surface area contributed by atoms with Crippen LogP contribution >= 0.6 is 11.3 Å². The Balaban J connectivity index is 1.91. The molecule has 1 aromatic carbocycles. The van der Waals surface area contributed by atoms with E-state index in [0.717, 1.165) is 22.5 Å². The van der Waals surface area contributed by atoms with Crippen molar-refractivity contribution >= 4 is 33.5 Å². The fourth-order valence-corrected chi connectivity index (χ4v) is 3.98. The van der Waals surface area contributed by atoms with Crippen molar-refractivity contribution in [1.82, 2.24) is 9.97 Å². The number of carbonyl (C=O) groups is 2. The number of esters is 2. The van der Waals surface area contributed by atoms with Crippen LogP contribution in [0.4, 0.5) is 0 Å². The van der Waals surface area contributed by atoms with Crippen LogP contribution in [-0.4, -0.2) is 28.5 Å². The number of aryl methyl sites for hydroxylation is 3. The quantitative estimate of drug-likeness (QED) is 0.634. The van der Waals surface area contributed by atoms with Crippen molar-refractivity contribution in [3.05, 3.63) is 61.5 Å². The number of fused-ring (bicyclic) bond motifs is 1. The average molecular weight is 414 g/mol. The first kappa shape index (κ1) is 20.7. The minimum atomic E-state index is -0.769. The summed E-state index contributed by atoms with van der Waals surface area (Å²) in [5, 5.41) is 0.342. The predicted molar refractivity (Wildman–Crippen MR) is 111 cm³/mol.